The Hall–Kier alpha value is -1.52. The molecule has 0 saturated heterocycles. The van der Waals surface area contributed by atoms with Crippen LogP contribution in [0.2, 0.25) is 0 Å². The highest BCUT2D eigenvalue weighted by Crippen LogP contribution is 2.26. The van der Waals surface area contributed by atoms with Gasteiger partial charge in [-0.05, 0) is 31.4 Å². The summed E-state index contributed by atoms with van der Waals surface area (Å²) in [4.78, 5) is 16.9. The fraction of sp³-hybridized carbons (Fsp3) is 0.500. The minimum Gasteiger partial charge on any atom is -0.334 e. The van der Waals surface area contributed by atoms with Crippen LogP contribution in [-0.4, -0.2) is 35.1 Å². The van der Waals surface area contributed by atoms with Gasteiger partial charge < -0.3 is 4.90 Å². The summed E-state index contributed by atoms with van der Waals surface area (Å²) < 4.78 is 26.9. The van der Waals surface area contributed by atoms with Crippen LogP contribution < -0.4 is 0 Å². The third-order valence-electron chi connectivity index (χ3n) is 3.18. The lowest BCUT2D eigenvalue weighted by Crippen LogP contribution is -2.40. The molecule has 2 atom stereocenters. The van der Waals surface area contributed by atoms with Crippen molar-refractivity contribution in [2.75, 3.05) is 7.05 Å². The third kappa shape index (κ3) is 2.28. The van der Waals surface area contributed by atoms with Gasteiger partial charge in [-0.25, -0.2) is 13.8 Å². The Morgan fingerprint density at radius 3 is 2.88 bits per heavy atom. The van der Waals surface area contributed by atoms with Crippen LogP contribution in [0, 0.1) is 5.82 Å². The average molecular weight is 240 g/mol. The van der Waals surface area contributed by atoms with Crippen LogP contribution in [0.25, 0.3) is 0 Å². The molecule has 5 heteroatoms. The van der Waals surface area contributed by atoms with E-state index >= 15 is 0 Å². The van der Waals surface area contributed by atoms with Gasteiger partial charge in [0.05, 0.1) is 6.04 Å². The van der Waals surface area contributed by atoms with E-state index < -0.39 is 23.9 Å². The van der Waals surface area contributed by atoms with Gasteiger partial charge in [-0.3, -0.25) is 4.79 Å². The van der Waals surface area contributed by atoms with Crippen molar-refractivity contribution in [3.63, 3.8) is 0 Å². The molecule has 3 nitrogen and oxygen atoms in total. The maximum absolute atomic E-state index is 13.5. The van der Waals surface area contributed by atoms with Crippen LogP contribution >= 0.6 is 0 Å². The van der Waals surface area contributed by atoms with E-state index in [2.05, 4.69) is 4.98 Å². The number of halogens is 2. The molecule has 0 radical (unpaired) electrons. The number of alkyl halides is 1. The first kappa shape index (κ1) is 12.0. The predicted molar refractivity (Wildman–Crippen MR) is 58.8 cm³/mol. The Balaban J connectivity index is 2.17. The lowest BCUT2D eigenvalue weighted by Gasteiger charge is -2.25. The molecule has 2 rings (SSSR count). The van der Waals surface area contributed by atoms with E-state index in [1.165, 1.54) is 30.3 Å². The monoisotopic (exact) mass is 240 g/mol. The Kier molecular flexibility index (Phi) is 3.36. The summed E-state index contributed by atoms with van der Waals surface area (Å²) in [6.45, 7) is 0. The summed E-state index contributed by atoms with van der Waals surface area (Å²) in [6, 6.07) is 2.14. The van der Waals surface area contributed by atoms with Crippen molar-refractivity contribution in [1.82, 2.24) is 9.88 Å². The maximum atomic E-state index is 13.5. The van der Waals surface area contributed by atoms with Gasteiger partial charge in [-0.2, -0.15) is 0 Å². The Bertz CT molecular complexity index is 425. The molecule has 1 aliphatic rings. The van der Waals surface area contributed by atoms with Crippen molar-refractivity contribution >= 4 is 5.91 Å². The molecule has 1 aliphatic carbocycles. The van der Waals surface area contributed by atoms with Crippen molar-refractivity contribution in [3.05, 3.63) is 29.8 Å². The van der Waals surface area contributed by atoms with Gasteiger partial charge in [-0.15, -0.1) is 0 Å². The number of pyridine rings is 1. The van der Waals surface area contributed by atoms with E-state index in [1.54, 1.807) is 0 Å². The first-order chi connectivity index (χ1) is 8.11. The van der Waals surface area contributed by atoms with Crippen LogP contribution in [0.3, 0.4) is 0 Å². The SMILES string of the molecule is CN(C(=O)c1ncccc1F)[C@@H]1CCC[C@H]1F. The number of hydrogen-bond acceptors (Lipinski definition) is 2. The highest BCUT2D eigenvalue weighted by Gasteiger charge is 2.34. The van der Waals surface area contributed by atoms with Crippen LogP contribution in [0.1, 0.15) is 29.8 Å². The summed E-state index contributed by atoms with van der Waals surface area (Å²) >= 11 is 0. The largest absolute Gasteiger partial charge is 0.334 e. The van der Waals surface area contributed by atoms with Gasteiger partial charge in [0.15, 0.2) is 11.5 Å². The van der Waals surface area contributed by atoms with E-state index in [4.69, 9.17) is 0 Å². The van der Waals surface area contributed by atoms with Crippen LogP contribution in [0.4, 0.5) is 8.78 Å². The van der Waals surface area contributed by atoms with Crippen LogP contribution in [0.5, 0.6) is 0 Å². The number of amides is 1. The summed E-state index contributed by atoms with van der Waals surface area (Å²) in [5.41, 5.74) is -0.242. The molecule has 1 aromatic heterocycles. The van der Waals surface area contributed by atoms with Gasteiger partial charge >= 0.3 is 0 Å². The number of carbonyl (C=O) groups excluding carboxylic acids is 1. The molecular formula is C12H14F2N2O. The Morgan fingerprint density at radius 1 is 1.53 bits per heavy atom. The zero-order chi connectivity index (χ0) is 12.4. The van der Waals surface area contributed by atoms with Crippen molar-refractivity contribution in [2.24, 2.45) is 0 Å². The molecule has 17 heavy (non-hydrogen) atoms. The summed E-state index contributed by atoms with van der Waals surface area (Å²) in [6.07, 6.45) is 2.18. The maximum Gasteiger partial charge on any atom is 0.275 e. The fourth-order valence-corrected chi connectivity index (χ4v) is 2.19. The van der Waals surface area contributed by atoms with Gasteiger partial charge in [-0.1, -0.05) is 0 Å². The van der Waals surface area contributed by atoms with E-state index in [0.29, 0.717) is 12.8 Å². The fourth-order valence-electron chi connectivity index (χ4n) is 2.19. The van der Waals surface area contributed by atoms with Crippen LogP contribution in [-0.2, 0) is 0 Å². The van der Waals surface area contributed by atoms with Gasteiger partial charge in [0, 0.05) is 13.2 Å². The summed E-state index contributed by atoms with van der Waals surface area (Å²) in [7, 11) is 1.50. The molecular weight excluding hydrogens is 226 g/mol. The highest BCUT2D eigenvalue weighted by molar-refractivity contribution is 5.92. The number of aromatic nitrogens is 1. The molecule has 92 valence electrons. The molecule has 1 aromatic rings. The van der Waals surface area contributed by atoms with E-state index in [1.807, 2.05) is 0 Å². The molecule has 0 bridgehead atoms. The van der Waals surface area contributed by atoms with Crippen molar-refractivity contribution in [1.29, 1.82) is 0 Å². The topological polar surface area (TPSA) is 33.2 Å². The molecule has 0 aliphatic heterocycles. The van der Waals surface area contributed by atoms with E-state index in [0.717, 1.165) is 6.42 Å². The molecule has 1 saturated carbocycles. The number of hydrogen-bond donors (Lipinski definition) is 0. The minimum absolute atomic E-state index is 0.242. The summed E-state index contributed by atoms with van der Waals surface area (Å²) in [5.74, 6) is -1.23. The second-order valence-corrected chi connectivity index (χ2v) is 4.26. The first-order valence-electron chi connectivity index (χ1n) is 5.63. The number of nitrogens with zero attached hydrogens (tertiary/aromatic N) is 2. The zero-order valence-electron chi connectivity index (χ0n) is 9.57. The van der Waals surface area contributed by atoms with Crippen LogP contribution in [0.15, 0.2) is 18.3 Å². The van der Waals surface area contributed by atoms with E-state index in [9.17, 15) is 13.6 Å². The summed E-state index contributed by atoms with van der Waals surface area (Å²) in [5, 5.41) is 0. The highest BCUT2D eigenvalue weighted by atomic mass is 19.1. The molecule has 1 amide bonds. The molecule has 0 aromatic carbocycles. The number of rotatable bonds is 2. The molecule has 0 unspecified atom stereocenters. The lowest BCUT2D eigenvalue weighted by atomic mass is 10.2. The first-order valence-corrected chi connectivity index (χ1v) is 5.63. The molecule has 0 spiro atoms. The smallest absolute Gasteiger partial charge is 0.275 e. The van der Waals surface area contributed by atoms with Crippen molar-refractivity contribution < 1.29 is 13.6 Å². The molecule has 1 fully saturated rings. The van der Waals surface area contributed by atoms with Gasteiger partial charge in [0.1, 0.15) is 6.17 Å². The second kappa shape index (κ2) is 4.77. The standard InChI is InChI=1S/C12H14F2N2O/c1-16(10-6-2-4-8(10)13)12(17)11-9(14)5-3-7-15-11/h3,5,7-8,10H,2,4,6H2,1H3/t8-,10-/m1/s1. The normalized spacial score (nSPS) is 23.7. The lowest BCUT2D eigenvalue weighted by molar-refractivity contribution is 0.0656. The molecule has 1 heterocycles. The molecule has 0 N–H and O–H groups in total. The van der Waals surface area contributed by atoms with Gasteiger partial charge in [0.25, 0.3) is 5.91 Å². The van der Waals surface area contributed by atoms with Gasteiger partial charge in [0.2, 0.25) is 0 Å². The number of carbonyl (C=O) groups is 1. The third-order valence-corrected chi connectivity index (χ3v) is 3.18. The average Bonchev–Trinajstić information content (AvgIpc) is 2.74. The van der Waals surface area contributed by atoms with Crippen molar-refractivity contribution in [2.45, 2.75) is 31.5 Å². The Morgan fingerprint density at radius 2 is 2.29 bits per heavy atom. The van der Waals surface area contributed by atoms with E-state index in [-0.39, 0.29) is 5.69 Å². The second-order valence-electron chi connectivity index (χ2n) is 4.26. The van der Waals surface area contributed by atoms with Crippen molar-refractivity contribution in [3.8, 4) is 0 Å². The minimum atomic E-state index is -1.02. The Labute approximate surface area is 98.5 Å². The predicted octanol–water partition coefficient (Wildman–Crippen LogP) is 2.18. The zero-order valence-corrected chi connectivity index (χ0v) is 9.57. The quantitative estimate of drug-likeness (QED) is 0.793.